The fourth-order valence-electron chi connectivity index (χ4n) is 2.21. The summed E-state index contributed by atoms with van der Waals surface area (Å²) in [5.74, 6) is -1.65. The Morgan fingerprint density at radius 3 is 2.52 bits per heavy atom. The maximum atomic E-state index is 13.5. The van der Waals surface area contributed by atoms with Crippen molar-refractivity contribution in [1.82, 2.24) is 10.2 Å². The summed E-state index contributed by atoms with van der Waals surface area (Å²) >= 11 is 11.4. The number of hydrogen-bond donors (Lipinski definition) is 3. The van der Waals surface area contributed by atoms with Crippen molar-refractivity contribution >= 4 is 41.2 Å². The van der Waals surface area contributed by atoms with Crippen molar-refractivity contribution < 1.29 is 14.0 Å². The van der Waals surface area contributed by atoms with E-state index in [2.05, 4.69) is 5.32 Å². The highest BCUT2D eigenvalue weighted by molar-refractivity contribution is 6.36. The summed E-state index contributed by atoms with van der Waals surface area (Å²) in [6.07, 6.45) is 0.648. The molecule has 4 N–H and O–H groups in total. The minimum atomic E-state index is -0.846. The highest BCUT2D eigenvalue weighted by Crippen LogP contribution is 2.26. The Morgan fingerprint density at radius 2 is 2.00 bits per heavy atom. The smallest absolute Gasteiger partial charge is 0.252 e. The highest BCUT2D eigenvalue weighted by Gasteiger charge is 2.24. The number of primary amides is 1. The first-order valence-electron chi connectivity index (χ1n) is 6.55. The van der Waals surface area contributed by atoms with Crippen molar-refractivity contribution in [3.8, 4) is 0 Å². The van der Waals surface area contributed by atoms with E-state index in [1.54, 1.807) is 0 Å². The van der Waals surface area contributed by atoms with Crippen molar-refractivity contribution in [3.63, 3.8) is 0 Å². The van der Waals surface area contributed by atoms with Crippen molar-refractivity contribution in [1.29, 1.82) is 5.41 Å². The quantitative estimate of drug-likeness (QED) is 0.327. The maximum Gasteiger partial charge on any atom is 0.252 e. The van der Waals surface area contributed by atoms with Crippen LogP contribution in [0.25, 0.3) is 0 Å². The van der Waals surface area contributed by atoms with Crippen LogP contribution in [0.1, 0.15) is 5.56 Å². The lowest BCUT2D eigenvalue weighted by molar-refractivity contribution is -0.118. The minimum absolute atomic E-state index is 0.102. The molecule has 0 atom stereocenters. The van der Waals surface area contributed by atoms with Crippen molar-refractivity contribution in [2.45, 2.75) is 0 Å². The molecule has 23 heavy (non-hydrogen) atoms. The summed E-state index contributed by atoms with van der Waals surface area (Å²) in [5, 5.41) is 10.6. The molecule has 1 aliphatic heterocycles. The minimum Gasteiger partial charge on any atom is -0.384 e. The van der Waals surface area contributed by atoms with Gasteiger partial charge in [0.15, 0.2) is 5.82 Å². The largest absolute Gasteiger partial charge is 0.384 e. The van der Waals surface area contributed by atoms with Crippen molar-refractivity contribution in [2.75, 3.05) is 19.6 Å². The SMILES string of the molecule is N=C(/C(C(N)=O)=C1/CN(C=O)CCN1)c1cc(Cl)c(F)c(Cl)c1. The molecule has 0 aromatic heterocycles. The van der Waals surface area contributed by atoms with Gasteiger partial charge < -0.3 is 16.0 Å². The van der Waals surface area contributed by atoms with Crippen LogP contribution in [0.2, 0.25) is 10.0 Å². The van der Waals surface area contributed by atoms with Gasteiger partial charge in [-0.15, -0.1) is 0 Å². The van der Waals surface area contributed by atoms with Gasteiger partial charge in [-0.2, -0.15) is 0 Å². The molecule has 0 radical (unpaired) electrons. The predicted octanol–water partition coefficient (Wildman–Crippen LogP) is 1.30. The summed E-state index contributed by atoms with van der Waals surface area (Å²) in [6, 6.07) is 2.38. The maximum absolute atomic E-state index is 13.5. The Balaban J connectivity index is 2.48. The van der Waals surface area contributed by atoms with E-state index in [9.17, 15) is 14.0 Å². The molecule has 1 aromatic rings. The van der Waals surface area contributed by atoms with Crippen LogP contribution in [0.5, 0.6) is 0 Å². The van der Waals surface area contributed by atoms with E-state index in [1.807, 2.05) is 0 Å². The highest BCUT2D eigenvalue weighted by atomic mass is 35.5. The summed E-state index contributed by atoms with van der Waals surface area (Å²) < 4.78 is 13.5. The van der Waals surface area contributed by atoms with Gasteiger partial charge in [0.25, 0.3) is 5.91 Å². The molecule has 0 saturated carbocycles. The van der Waals surface area contributed by atoms with Gasteiger partial charge in [-0.05, 0) is 12.1 Å². The molecule has 0 unspecified atom stereocenters. The first-order chi connectivity index (χ1) is 10.8. The van der Waals surface area contributed by atoms with Crippen LogP contribution in [0.15, 0.2) is 23.4 Å². The third-order valence-electron chi connectivity index (χ3n) is 3.32. The van der Waals surface area contributed by atoms with Gasteiger partial charge in [0.1, 0.15) is 0 Å². The van der Waals surface area contributed by atoms with Crippen molar-refractivity contribution in [3.05, 3.63) is 44.8 Å². The van der Waals surface area contributed by atoms with Gasteiger partial charge in [0.2, 0.25) is 6.41 Å². The van der Waals surface area contributed by atoms with E-state index in [4.69, 9.17) is 34.3 Å². The van der Waals surface area contributed by atoms with Gasteiger partial charge in [0, 0.05) is 24.4 Å². The lowest BCUT2D eigenvalue weighted by Gasteiger charge is -2.28. The molecule has 1 aromatic carbocycles. The average molecular weight is 359 g/mol. The monoisotopic (exact) mass is 358 g/mol. The second-order valence-corrected chi connectivity index (χ2v) is 5.66. The van der Waals surface area contributed by atoms with E-state index < -0.39 is 11.7 Å². The number of rotatable bonds is 4. The molecule has 0 spiro atoms. The second kappa shape index (κ2) is 6.97. The Labute approximate surface area is 141 Å². The van der Waals surface area contributed by atoms with Gasteiger partial charge >= 0.3 is 0 Å². The van der Waals surface area contributed by atoms with E-state index in [0.717, 1.165) is 0 Å². The Hall–Kier alpha value is -2.12. The molecule has 2 rings (SSSR count). The number of nitrogens with zero attached hydrogens (tertiary/aromatic N) is 1. The standard InChI is InChI=1S/C14H13Cl2FN4O2/c15-8-3-7(4-9(16)12(8)17)13(18)11(14(19)23)10-5-21(6-22)2-1-20-10/h3-4,6,18,20H,1-2,5H2,(H2,19,23)/b11-10+,18-13?. The number of hydrogen-bond acceptors (Lipinski definition) is 4. The van der Waals surface area contributed by atoms with Crippen LogP contribution in [0.3, 0.4) is 0 Å². The number of amides is 2. The van der Waals surface area contributed by atoms with Crippen LogP contribution in [-0.4, -0.2) is 42.6 Å². The molecular weight excluding hydrogens is 346 g/mol. The third-order valence-corrected chi connectivity index (χ3v) is 3.87. The molecule has 1 aliphatic rings. The number of nitrogens with two attached hydrogens (primary N) is 1. The summed E-state index contributed by atoms with van der Waals surface area (Å²) in [5.41, 5.74) is 5.51. The summed E-state index contributed by atoms with van der Waals surface area (Å²) in [6.45, 7) is 1.01. The summed E-state index contributed by atoms with van der Waals surface area (Å²) in [4.78, 5) is 24.1. The zero-order chi connectivity index (χ0) is 17.1. The van der Waals surface area contributed by atoms with E-state index in [0.29, 0.717) is 25.2 Å². The second-order valence-electron chi connectivity index (χ2n) is 4.85. The molecule has 1 fully saturated rings. The van der Waals surface area contributed by atoms with Gasteiger partial charge in [-0.1, -0.05) is 23.2 Å². The number of halogens is 3. The number of carbonyl (C=O) groups excluding carboxylic acids is 2. The average Bonchev–Trinajstić information content (AvgIpc) is 2.52. The molecule has 2 amide bonds. The van der Waals surface area contributed by atoms with E-state index in [1.165, 1.54) is 17.0 Å². The number of benzene rings is 1. The molecule has 1 saturated heterocycles. The zero-order valence-electron chi connectivity index (χ0n) is 11.8. The molecule has 1 heterocycles. The van der Waals surface area contributed by atoms with Gasteiger partial charge in [-0.25, -0.2) is 4.39 Å². The molecule has 0 aliphatic carbocycles. The predicted molar refractivity (Wildman–Crippen MR) is 85.1 cm³/mol. The van der Waals surface area contributed by atoms with E-state index in [-0.39, 0.29) is 33.4 Å². The van der Waals surface area contributed by atoms with Crippen LogP contribution in [0.4, 0.5) is 4.39 Å². The number of nitrogens with one attached hydrogen (secondary N) is 2. The zero-order valence-corrected chi connectivity index (χ0v) is 13.3. The lowest BCUT2D eigenvalue weighted by atomic mass is 9.99. The molecular formula is C14H13Cl2FN4O2. The van der Waals surface area contributed by atoms with Gasteiger partial charge in [-0.3, -0.25) is 15.0 Å². The molecule has 122 valence electrons. The van der Waals surface area contributed by atoms with Gasteiger partial charge in [0.05, 0.1) is 27.9 Å². The molecule has 0 bridgehead atoms. The van der Waals surface area contributed by atoms with E-state index >= 15 is 0 Å². The van der Waals surface area contributed by atoms with Crippen LogP contribution < -0.4 is 11.1 Å². The Morgan fingerprint density at radius 1 is 1.39 bits per heavy atom. The molecule has 6 nitrogen and oxygen atoms in total. The Bertz CT molecular complexity index is 698. The fourth-order valence-corrected chi connectivity index (χ4v) is 2.70. The third kappa shape index (κ3) is 3.62. The first-order valence-corrected chi connectivity index (χ1v) is 7.30. The number of piperazine rings is 1. The van der Waals surface area contributed by atoms with Crippen LogP contribution >= 0.6 is 23.2 Å². The van der Waals surface area contributed by atoms with Crippen molar-refractivity contribution in [2.24, 2.45) is 5.73 Å². The fraction of sp³-hybridized carbons (Fsp3) is 0.214. The summed E-state index contributed by atoms with van der Waals surface area (Å²) in [7, 11) is 0. The normalized spacial score (nSPS) is 16.6. The molecule has 9 heteroatoms. The van der Waals surface area contributed by atoms with Crippen LogP contribution in [0, 0.1) is 11.2 Å². The lowest BCUT2D eigenvalue weighted by Crippen LogP contribution is -2.43. The first kappa shape index (κ1) is 17.2. The van der Waals surface area contributed by atoms with Crippen LogP contribution in [-0.2, 0) is 9.59 Å². The Kier molecular flexibility index (Phi) is 5.23. The number of carbonyl (C=O) groups is 2. The topological polar surface area (TPSA) is 99.3 Å².